The summed E-state index contributed by atoms with van der Waals surface area (Å²) in [6.45, 7) is 4.20. The number of hydrogen-bond acceptors (Lipinski definition) is 3. The molecule has 3 heteroatoms. The molecule has 16 heavy (non-hydrogen) atoms. The van der Waals surface area contributed by atoms with E-state index in [9.17, 15) is 0 Å². The first-order valence-electron chi connectivity index (χ1n) is 5.64. The SMILES string of the molecule is CNC(C)CN(C)Cc1ccc(OC)cc1. The van der Waals surface area contributed by atoms with E-state index in [4.69, 9.17) is 4.74 Å². The van der Waals surface area contributed by atoms with Gasteiger partial charge in [-0.1, -0.05) is 12.1 Å². The first kappa shape index (κ1) is 13.0. The highest BCUT2D eigenvalue weighted by Crippen LogP contribution is 2.12. The molecule has 1 atom stereocenters. The highest BCUT2D eigenvalue weighted by molar-refractivity contribution is 5.27. The topological polar surface area (TPSA) is 24.5 Å². The third-order valence-corrected chi connectivity index (χ3v) is 2.69. The highest BCUT2D eigenvalue weighted by atomic mass is 16.5. The number of nitrogens with zero attached hydrogens (tertiary/aromatic N) is 1. The summed E-state index contributed by atoms with van der Waals surface area (Å²) >= 11 is 0. The van der Waals surface area contributed by atoms with Gasteiger partial charge in [-0.05, 0) is 38.7 Å². The third-order valence-electron chi connectivity index (χ3n) is 2.69. The Morgan fingerprint density at radius 3 is 2.44 bits per heavy atom. The molecule has 1 aromatic carbocycles. The van der Waals surface area contributed by atoms with Gasteiger partial charge in [0.05, 0.1) is 7.11 Å². The molecule has 3 nitrogen and oxygen atoms in total. The van der Waals surface area contributed by atoms with Crippen LogP contribution in [0.2, 0.25) is 0 Å². The van der Waals surface area contributed by atoms with Gasteiger partial charge in [0.15, 0.2) is 0 Å². The van der Waals surface area contributed by atoms with Gasteiger partial charge in [0.1, 0.15) is 5.75 Å². The van der Waals surface area contributed by atoms with E-state index in [1.54, 1.807) is 7.11 Å². The molecule has 0 aliphatic carbocycles. The number of nitrogens with one attached hydrogen (secondary N) is 1. The van der Waals surface area contributed by atoms with Crippen LogP contribution < -0.4 is 10.1 Å². The molecule has 0 aromatic heterocycles. The van der Waals surface area contributed by atoms with Gasteiger partial charge in [-0.2, -0.15) is 0 Å². The summed E-state index contributed by atoms with van der Waals surface area (Å²) in [5.41, 5.74) is 1.31. The Labute approximate surface area is 98.4 Å². The van der Waals surface area contributed by atoms with Gasteiger partial charge in [0.2, 0.25) is 0 Å². The smallest absolute Gasteiger partial charge is 0.118 e. The van der Waals surface area contributed by atoms with E-state index in [-0.39, 0.29) is 0 Å². The largest absolute Gasteiger partial charge is 0.497 e. The fourth-order valence-electron chi connectivity index (χ4n) is 1.67. The standard InChI is InChI=1S/C13H22N2O/c1-11(14-2)9-15(3)10-12-5-7-13(16-4)8-6-12/h5-8,11,14H,9-10H2,1-4H3. The van der Waals surface area contributed by atoms with Crippen LogP contribution in [-0.2, 0) is 6.54 Å². The van der Waals surface area contributed by atoms with Gasteiger partial charge >= 0.3 is 0 Å². The van der Waals surface area contributed by atoms with Gasteiger partial charge in [0, 0.05) is 19.1 Å². The van der Waals surface area contributed by atoms with Crippen molar-refractivity contribution in [2.75, 3.05) is 27.7 Å². The van der Waals surface area contributed by atoms with Crippen molar-refractivity contribution in [3.05, 3.63) is 29.8 Å². The van der Waals surface area contributed by atoms with Crippen molar-refractivity contribution in [3.63, 3.8) is 0 Å². The first-order valence-corrected chi connectivity index (χ1v) is 5.64. The lowest BCUT2D eigenvalue weighted by molar-refractivity contribution is 0.295. The van der Waals surface area contributed by atoms with Gasteiger partial charge in [0.25, 0.3) is 0 Å². The molecule has 1 rings (SSSR count). The lowest BCUT2D eigenvalue weighted by atomic mass is 10.2. The second kappa shape index (κ2) is 6.51. The van der Waals surface area contributed by atoms with E-state index >= 15 is 0 Å². The monoisotopic (exact) mass is 222 g/mol. The zero-order valence-corrected chi connectivity index (χ0v) is 10.7. The molecule has 0 spiro atoms. The Kier molecular flexibility index (Phi) is 5.29. The summed E-state index contributed by atoms with van der Waals surface area (Å²) in [6.07, 6.45) is 0. The zero-order valence-electron chi connectivity index (χ0n) is 10.7. The molecule has 0 heterocycles. The maximum absolute atomic E-state index is 5.13. The molecule has 0 aliphatic rings. The molecule has 0 radical (unpaired) electrons. The minimum Gasteiger partial charge on any atom is -0.497 e. The third kappa shape index (κ3) is 4.21. The first-order chi connectivity index (χ1) is 7.65. The van der Waals surface area contributed by atoms with Crippen molar-refractivity contribution in [3.8, 4) is 5.75 Å². The van der Waals surface area contributed by atoms with E-state index < -0.39 is 0 Å². The number of benzene rings is 1. The average Bonchev–Trinajstić information content (AvgIpc) is 2.29. The van der Waals surface area contributed by atoms with Crippen molar-refractivity contribution < 1.29 is 4.74 Å². The summed E-state index contributed by atoms with van der Waals surface area (Å²) in [7, 11) is 5.82. The zero-order chi connectivity index (χ0) is 12.0. The van der Waals surface area contributed by atoms with E-state index in [0.29, 0.717) is 6.04 Å². The van der Waals surface area contributed by atoms with Crippen LogP contribution in [0.25, 0.3) is 0 Å². The van der Waals surface area contributed by atoms with E-state index in [1.165, 1.54) is 5.56 Å². The molecule has 0 aliphatic heterocycles. The molecule has 0 saturated carbocycles. The van der Waals surface area contributed by atoms with Crippen LogP contribution in [0, 0.1) is 0 Å². The number of methoxy groups -OCH3 is 1. The van der Waals surface area contributed by atoms with E-state index in [0.717, 1.165) is 18.8 Å². The quantitative estimate of drug-likeness (QED) is 0.793. The van der Waals surface area contributed by atoms with E-state index in [1.807, 2.05) is 19.2 Å². The van der Waals surface area contributed by atoms with Crippen LogP contribution in [0.4, 0.5) is 0 Å². The number of likely N-dealkylation sites (N-methyl/N-ethyl adjacent to an activating group) is 2. The molecule has 0 bridgehead atoms. The summed E-state index contributed by atoms with van der Waals surface area (Å²) in [5.74, 6) is 0.912. The maximum atomic E-state index is 5.13. The Bertz CT molecular complexity index is 297. The molecule has 90 valence electrons. The van der Waals surface area contributed by atoms with Gasteiger partial charge in [-0.25, -0.2) is 0 Å². The number of ether oxygens (including phenoxy) is 1. The average molecular weight is 222 g/mol. The second-order valence-corrected chi connectivity index (χ2v) is 4.23. The van der Waals surface area contributed by atoms with Crippen molar-refractivity contribution >= 4 is 0 Å². The van der Waals surface area contributed by atoms with Crippen LogP contribution >= 0.6 is 0 Å². The molecule has 0 fully saturated rings. The predicted octanol–water partition coefficient (Wildman–Crippen LogP) is 1.73. The number of rotatable bonds is 6. The van der Waals surface area contributed by atoms with Crippen molar-refractivity contribution in [1.29, 1.82) is 0 Å². The van der Waals surface area contributed by atoms with Gasteiger partial charge < -0.3 is 15.0 Å². The Balaban J connectivity index is 2.46. The van der Waals surface area contributed by atoms with Crippen LogP contribution in [0.15, 0.2) is 24.3 Å². The summed E-state index contributed by atoms with van der Waals surface area (Å²) in [6, 6.07) is 8.75. The molecule has 0 saturated heterocycles. The minimum atomic E-state index is 0.517. The maximum Gasteiger partial charge on any atom is 0.118 e. The molecular weight excluding hydrogens is 200 g/mol. The molecule has 1 aromatic rings. The normalized spacial score (nSPS) is 12.8. The fourth-order valence-corrected chi connectivity index (χ4v) is 1.67. The van der Waals surface area contributed by atoms with Crippen LogP contribution in [-0.4, -0.2) is 38.7 Å². The van der Waals surface area contributed by atoms with E-state index in [2.05, 4.69) is 36.3 Å². The van der Waals surface area contributed by atoms with Crippen molar-refractivity contribution in [1.82, 2.24) is 10.2 Å². The van der Waals surface area contributed by atoms with Crippen LogP contribution in [0.1, 0.15) is 12.5 Å². The second-order valence-electron chi connectivity index (χ2n) is 4.23. The molecule has 1 unspecified atom stereocenters. The fraction of sp³-hybridized carbons (Fsp3) is 0.538. The van der Waals surface area contributed by atoms with Crippen molar-refractivity contribution in [2.45, 2.75) is 19.5 Å². The molecule has 0 amide bonds. The highest BCUT2D eigenvalue weighted by Gasteiger charge is 2.04. The lowest BCUT2D eigenvalue weighted by Gasteiger charge is -2.21. The summed E-state index contributed by atoms with van der Waals surface area (Å²) in [5, 5.41) is 3.24. The molecule has 1 N–H and O–H groups in total. The van der Waals surface area contributed by atoms with Crippen LogP contribution in [0.3, 0.4) is 0 Å². The Hall–Kier alpha value is -1.06. The van der Waals surface area contributed by atoms with Gasteiger partial charge in [-0.3, -0.25) is 0 Å². The predicted molar refractivity (Wildman–Crippen MR) is 67.8 cm³/mol. The molecular formula is C13H22N2O. The Morgan fingerprint density at radius 1 is 1.31 bits per heavy atom. The summed E-state index contributed by atoms with van der Waals surface area (Å²) in [4.78, 5) is 2.31. The lowest BCUT2D eigenvalue weighted by Crippen LogP contribution is -2.34. The summed E-state index contributed by atoms with van der Waals surface area (Å²) < 4.78 is 5.13. The van der Waals surface area contributed by atoms with Crippen LogP contribution in [0.5, 0.6) is 5.75 Å². The van der Waals surface area contributed by atoms with Crippen molar-refractivity contribution in [2.24, 2.45) is 0 Å². The Morgan fingerprint density at radius 2 is 1.94 bits per heavy atom. The van der Waals surface area contributed by atoms with Gasteiger partial charge in [-0.15, -0.1) is 0 Å². The minimum absolute atomic E-state index is 0.517. The number of hydrogen-bond donors (Lipinski definition) is 1.